The lowest BCUT2D eigenvalue weighted by molar-refractivity contribution is 0.101. The minimum Gasteiger partial charge on any atom is -0.402 e. The number of hydrogen-bond acceptors (Lipinski definition) is 4. The van der Waals surface area contributed by atoms with Crippen molar-refractivity contribution >= 4 is 13.1 Å². The van der Waals surface area contributed by atoms with Gasteiger partial charge in [-0.25, -0.2) is 4.39 Å². The lowest BCUT2D eigenvalue weighted by Gasteiger charge is -1.91. The number of Topliss-reactive ketones (excluding diaryl/α,β-unsaturated/α-hetero) is 1. The lowest BCUT2D eigenvalue weighted by Crippen LogP contribution is -2.07. The highest BCUT2D eigenvalue weighted by Crippen LogP contribution is 2.02. The maximum atomic E-state index is 12.2. The van der Waals surface area contributed by atoms with E-state index in [1.165, 1.54) is 31.2 Å². The van der Waals surface area contributed by atoms with E-state index in [9.17, 15) is 9.18 Å². The predicted octanol–water partition coefficient (Wildman–Crippen LogP) is -0.0235. The molecular weight excluding hydrogens is 190 g/mol. The zero-order valence-corrected chi connectivity index (χ0v) is 7.51. The van der Waals surface area contributed by atoms with Gasteiger partial charge in [0.1, 0.15) is 5.82 Å². The van der Waals surface area contributed by atoms with E-state index >= 15 is 0 Å². The van der Waals surface area contributed by atoms with Crippen LogP contribution in [0, 0.1) is 5.82 Å². The lowest BCUT2D eigenvalue weighted by atomic mass is 10.1. The van der Waals surface area contributed by atoms with Crippen molar-refractivity contribution in [2.75, 3.05) is 0 Å². The van der Waals surface area contributed by atoms with Crippen LogP contribution in [0.1, 0.15) is 17.3 Å². The van der Waals surface area contributed by atoms with E-state index in [0.29, 0.717) is 5.56 Å². The molecule has 1 aromatic rings. The molecule has 3 N–H and O–H groups in total. The van der Waals surface area contributed by atoms with Crippen LogP contribution >= 0.6 is 0 Å². The van der Waals surface area contributed by atoms with Gasteiger partial charge in [0.2, 0.25) is 0 Å². The number of halogens is 1. The number of hydrogen-bond donors (Lipinski definition) is 3. The Hall–Kier alpha value is -1.24. The molecule has 0 saturated heterocycles. The van der Waals surface area contributed by atoms with Crippen molar-refractivity contribution < 1.29 is 24.3 Å². The second kappa shape index (κ2) is 6.25. The van der Waals surface area contributed by atoms with Crippen LogP contribution < -0.4 is 0 Å². The van der Waals surface area contributed by atoms with E-state index in [2.05, 4.69) is 0 Å². The van der Waals surface area contributed by atoms with E-state index < -0.39 is 7.32 Å². The number of benzene rings is 1. The van der Waals surface area contributed by atoms with Gasteiger partial charge in [-0.1, -0.05) is 0 Å². The van der Waals surface area contributed by atoms with Crippen molar-refractivity contribution in [2.24, 2.45) is 0 Å². The Morgan fingerprint density at radius 2 is 1.57 bits per heavy atom. The van der Waals surface area contributed by atoms with E-state index in [-0.39, 0.29) is 11.6 Å². The Morgan fingerprint density at radius 1 is 1.21 bits per heavy atom. The first kappa shape index (κ1) is 12.8. The fraction of sp³-hybridized carbons (Fsp3) is 0.125. The van der Waals surface area contributed by atoms with Crippen molar-refractivity contribution in [2.45, 2.75) is 6.92 Å². The molecule has 0 aliphatic rings. The first-order chi connectivity index (χ1) is 6.43. The van der Waals surface area contributed by atoms with Crippen LogP contribution in [-0.2, 0) is 0 Å². The molecule has 76 valence electrons. The first-order valence-electron chi connectivity index (χ1n) is 3.74. The molecule has 0 aliphatic carbocycles. The average molecular weight is 200 g/mol. The van der Waals surface area contributed by atoms with Gasteiger partial charge in [0.25, 0.3) is 0 Å². The van der Waals surface area contributed by atoms with Crippen molar-refractivity contribution in [3.05, 3.63) is 35.6 Å². The van der Waals surface area contributed by atoms with Crippen LogP contribution in [0.15, 0.2) is 24.3 Å². The molecule has 6 heteroatoms. The van der Waals surface area contributed by atoms with E-state index in [4.69, 9.17) is 15.1 Å². The molecule has 0 bridgehead atoms. The van der Waals surface area contributed by atoms with Crippen LogP contribution in [0.3, 0.4) is 0 Å². The molecule has 4 nitrogen and oxygen atoms in total. The summed E-state index contributed by atoms with van der Waals surface area (Å²) in [5.41, 5.74) is 0.543. The minimum absolute atomic E-state index is 0.0417. The highest BCUT2D eigenvalue weighted by atomic mass is 19.1. The third-order valence-electron chi connectivity index (χ3n) is 1.25. The van der Waals surface area contributed by atoms with Gasteiger partial charge in [-0.05, 0) is 31.2 Å². The molecule has 0 aliphatic heterocycles. The smallest absolute Gasteiger partial charge is 0.402 e. The second-order valence-electron chi connectivity index (χ2n) is 2.41. The largest absolute Gasteiger partial charge is 0.631 e. The molecule has 0 unspecified atom stereocenters. The topological polar surface area (TPSA) is 77.8 Å². The van der Waals surface area contributed by atoms with Gasteiger partial charge in [0, 0.05) is 5.56 Å². The Kier molecular flexibility index (Phi) is 5.70. The zero-order valence-electron chi connectivity index (χ0n) is 7.51. The normalized spacial score (nSPS) is 8.64. The standard InChI is InChI=1S/C8H7FO.BH3O3/c1-6(10)7-2-4-8(9)5-3-7;2-1(3)4/h2-5H,1H3;2-4H. The number of carbonyl (C=O) groups is 1. The van der Waals surface area contributed by atoms with Crippen molar-refractivity contribution in [3.8, 4) is 0 Å². The van der Waals surface area contributed by atoms with E-state index in [1.807, 2.05) is 0 Å². The Morgan fingerprint density at radius 3 is 1.86 bits per heavy atom. The van der Waals surface area contributed by atoms with Crippen LogP contribution in [-0.4, -0.2) is 28.2 Å². The molecular formula is C8H10BFO4. The molecule has 0 saturated carbocycles. The Labute approximate surface area is 80.8 Å². The molecule has 1 aromatic carbocycles. The summed E-state index contributed by atoms with van der Waals surface area (Å²) in [6.07, 6.45) is 0. The summed E-state index contributed by atoms with van der Waals surface area (Å²) < 4.78 is 12.2. The SMILES string of the molecule is CC(=O)c1ccc(F)cc1.OB(O)O. The predicted molar refractivity (Wildman–Crippen MR) is 48.8 cm³/mol. The molecule has 0 spiro atoms. The summed E-state index contributed by atoms with van der Waals surface area (Å²) in [5.74, 6) is -0.356. The quantitative estimate of drug-likeness (QED) is 0.439. The molecule has 0 radical (unpaired) electrons. The Balaban J connectivity index is 0.000000364. The minimum atomic E-state index is -2.17. The monoisotopic (exact) mass is 200 g/mol. The molecule has 14 heavy (non-hydrogen) atoms. The van der Waals surface area contributed by atoms with Crippen LogP contribution in [0.4, 0.5) is 4.39 Å². The third kappa shape index (κ3) is 6.30. The van der Waals surface area contributed by atoms with Crippen molar-refractivity contribution in [1.82, 2.24) is 0 Å². The molecule has 0 atom stereocenters. The summed E-state index contributed by atoms with van der Waals surface area (Å²) in [6, 6.07) is 5.49. The summed E-state index contributed by atoms with van der Waals surface area (Å²) in [7, 11) is -2.17. The van der Waals surface area contributed by atoms with Crippen LogP contribution in [0.5, 0.6) is 0 Å². The van der Waals surface area contributed by atoms with Gasteiger partial charge < -0.3 is 15.1 Å². The first-order valence-corrected chi connectivity index (χ1v) is 3.74. The van der Waals surface area contributed by atoms with Gasteiger partial charge in [0.05, 0.1) is 0 Å². The molecule has 0 fully saturated rings. The van der Waals surface area contributed by atoms with Gasteiger partial charge >= 0.3 is 7.32 Å². The van der Waals surface area contributed by atoms with Crippen molar-refractivity contribution in [3.63, 3.8) is 0 Å². The molecule has 0 aromatic heterocycles. The molecule has 0 amide bonds. The Bertz CT molecular complexity index is 283. The fourth-order valence-corrected chi connectivity index (χ4v) is 0.685. The third-order valence-corrected chi connectivity index (χ3v) is 1.25. The summed E-state index contributed by atoms with van der Waals surface area (Å²) >= 11 is 0. The van der Waals surface area contributed by atoms with Crippen molar-refractivity contribution in [1.29, 1.82) is 0 Å². The number of carbonyl (C=O) groups excluding carboxylic acids is 1. The molecule has 0 heterocycles. The van der Waals surface area contributed by atoms with E-state index in [0.717, 1.165) is 0 Å². The van der Waals surface area contributed by atoms with Gasteiger partial charge in [-0.15, -0.1) is 0 Å². The summed E-state index contributed by atoms with van der Waals surface area (Å²) in [6.45, 7) is 1.45. The maximum absolute atomic E-state index is 12.2. The van der Waals surface area contributed by atoms with Gasteiger partial charge in [-0.2, -0.15) is 0 Å². The highest BCUT2D eigenvalue weighted by Gasteiger charge is 1.96. The fourth-order valence-electron chi connectivity index (χ4n) is 0.685. The summed E-state index contributed by atoms with van der Waals surface area (Å²) in [4.78, 5) is 10.6. The zero-order chi connectivity index (χ0) is 11.1. The van der Waals surface area contributed by atoms with E-state index in [1.54, 1.807) is 0 Å². The number of rotatable bonds is 1. The highest BCUT2D eigenvalue weighted by molar-refractivity contribution is 6.30. The average Bonchev–Trinajstić information content (AvgIpc) is 2.03. The second-order valence-corrected chi connectivity index (χ2v) is 2.41. The molecule has 1 rings (SSSR count). The van der Waals surface area contributed by atoms with Crippen LogP contribution in [0.25, 0.3) is 0 Å². The van der Waals surface area contributed by atoms with Crippen LogP contribution in [0.2, 0.25) is 0 Å². The maximum Gasteiger partial charge on any atom is 0.631 e. The number of ketones is 1. The van der Waals surface area contributed by atoms with Gasteiger partial charge in [0.15, 0.2) is 5.78 Å². The van der Waals surface area contributed by atoms with Gasteiger partial charge in [-0.3, -0.25) is 4.79 Å². The summed E-state index contributed by atoms with van der Waals surface area (Å²) in [5, 5.41) is 21.5.